The maximum absolute atomic E-state index is 3.14. The molecule has 1 aromatic rings. The predicted octanol–water partition coefficient (Wildman–Crippen LogP) is 3.00. The fraction of sp³-hybridized carbons (Fsp3) is 0.571. The molecule has 0 radical (unpaired) electrons. The number of rotatable bonds is 7. The van der Waals surface area contributed by atoms with Crippen molar-refractivity contribution in [1.82, 2.24) is 4.90 Å². The van der Waals surface area contributed by atoms with Crippen LogP contribution >= 0.6 is 0 Å². The largest absolute Gasteiger partial charge is 0.388 e. The Balaban J connectivity index is 2.30. The van der Waals surface area contributed by atoms with Gasteiger partial charge in [-0.05, 0) is 44.1 Å². The van der Waals surface area contributed by atoms with Crippen LogP contribution in [0, 0.1) is 0 Å². The lowest BCUT2D eigenvalue weighted by Gasteiger charge is -2.15. The summed E-state index contributed by atoms with van der Waals surface area (Å²) in [7, 11) is 4.16. The zero-order valence-corrected chi connectivity index (χ0v) is 10.8. The highest BCUT2D eigenvalue weighted by Crippen LogP contribution is 2.09. The van der Waals surface area contributed by atoms with Crippen molar-refractivity contribution >= 4 is 5.69 Å². The molecule has 0 aliphatic heterocycles. The number of hydrogen-bond donors (Lipinski definition) is 1. The summed E-state index contributed by atoms with van der Waals surface area (Å²) in [4.78, 5) is 2.41. The topological polar surface area (TPSA) is 15.3 Å². The van der Waals surface area contributed by atoms with Gasteiger partial charge in [-0.1, -0.05) is 25.5 Å². The molecule has 0 bridgehead atoms. The summed E-state index contributed by atoms with van der Waals surface area (Å²) in [5.74, 6) is 0. The molecule has 0 heterocycles. The Kier molecular flexibility index (Phi) is 5.94. The Morgan fingerprint density at radius 1 is 1.12 bits per heavy atom. The van der Waals surface area contributed by atoms with Gasteiger partial charge in [-0.2, -0.15) is 0 Å². The van der Waals surface area contributed by atoms with E-state index in [1.165, 1.54) is 30.6 Å². The minimum absolute atomic E-state index is 1.14. The van der Waals surface area contributed by atoms with Gasteiger partial charge in [0, 0.05) is 19.3 Å². The minimum Gasteiger partial charge on any atom is -0.388 e. The Hall–Kier alpha value is -1.02. The Labute approximate surface area is 99.7 Å². The molecule has 1 N–H and O–H groups in total. The Morgan fingerprint density at radius 2 is 1.81 bits per heavy atom. The van der Waals surface area contributed by atoms with E-state index >= 15 is 0 Å². The van der Waals surface area contributed by atoms with Gasteiger partial charge in [0.15, 0.2) is 0 Å². The van der Waals surface area contributed by atoms with Crippen LogP contribution in [0.5, 0.6) is 0 Å². The molecule has 0 atom stereocenters. The van der Waals surface area contributed by atoms with Gasteiger partial charge in [0.2, 0.25) is 0 Å². The second-order valence-electron chi connectivity index (χ2n) is 4.35. The zero-order valence-electron chi connectivity index (χ0n) is 10.8. The van der Waals surface area contributed by atoms with E-state index in [1.54, 1.807) is 0 Å². The molecule has 0 amide bonds. The highest BCUT2D eigenvalue weighted by Gasteiger charge is 1.98. The molecule has 16 heavy (non-hydrogen) atoms. The molecule has 0 spiro atoms. The van der Waals surface area contributed by atoms with Crippen LogP contribution in [0.1, 0.15) is 25.3 Å². The van der Waals surface area contributed by atoms with Crippen molar-refractivity contribution in [3.05, 3.63) is 29.8 Å². The lowest BCUT2D eigenvalue weighted by molar-refractivity contribution is 0.332. The number of nitrogens with zero attached hydrogens (tertiary/aromatic N) is 1. The van der Waals surface area contributed by atoms with Crippen LogP contribution in [-0.4, -0.2) is 32.1 Å². The first-order valence-corrected chi connectivity index (χ1v) is 6.21. The van der Waals surface area contributed by atoms with E-state index in [0.29, 0.717) is 0 Å². The van der Waals surface area contributed by atoms with Crippen molar-refractivity contribution < 1.29 is 0 Å². The Bertz CT molecular complexity index is 279. The lowest BCUT2D eigenvalue weighted by Crippen LogP contribution is -2.22. The third-order valence-corrected chi connectivity index (χ3v) is 2.92. The number of hydrogen-bond acceptors (Lipinski definition) is 2. The van der Waals surface area contributed by atoms with Gasteiger partial charge in [-0.15, -0.1) is 0 Å². The Morgan fingerprint density at radius 3 is 2.38 bits per heavy atom. The summed E-state index contributed by atoms with van der Waals surface area (Å²) in [6.07, 6.45) is 3.72. The molecule has 2 nitrogen and oxygen atoms in total. The first-order chi connectivity index (χ1) is 7.76. The smallest absolute Gasteiger partial charge is 0.0337 e. The first-order valence-electron chi connectivity index (χ1n) is 6.21. The van der Waals surface area contributed by atoms with Crippen molar-refractivity contribution in [2.45, 2.75) is 26.2 Å². The summed E-state index contributed by atoms with van der Waals surface area (Å²) in [5, 5.41) is 3.14. The summed E-state index contributed by atoms with van der Waals surface area (Å²) < 4.78 is 0. The molecule has 0 aliphatic rings. The predicted molar refractivity (Wildman–Crippen MR) is 72.1 cm³/mol. The maximum atomic E-state index is 3.14. The summed E-state index contributed by atoms with van der Waals surface area (Å²) in [6.45, 7) is 4.61. The third-order valence-electron chi connectivity index (χ3n) is 2.92. The van der Waals surface area contributed by atoms with Gasteiger partial charge in [-0.25, -0.2) is 0 Å². The number of anilines is 1. The molecule has 1 rings (SSSR count). The van der Waals surface area contributed by atoms with Crippen LogP contribution < -0.4 is 5.32 Å². The molecule has 0 aromatic heterocycles. The van der Waals surface area contributed by atoms with Crippen LogP contribution in [0.3, 0.4) is 0 Å². The number of likely N-dealkylation sites (N-methyl/N-ethyl adjacent to an activating group) is 1. The van der Waals surface area contributed by atoms with E-state index in [-0.39, 0.29) is 0 Å². The van der Waals surface area contributed by atoms with E-state index in [2.05, 4.69) is 48.5 Å². The molecular formula is C14H24N2. The van der Waals surface area contributed by atoms with Crippen LogP contribution in [-0.2, 0) is 6.42 Å². The van der Waals surface area contributed by atoms with Crippen LogP contribution in [0.4, 0.5) is 5.69 Å². The zero-order chi connectivity index (χ0) is 11.8. The maximum Gasteiger partial charge on any atom is 0.0337 e. The SMILES string of the molecule is CCCCN(C)CCc1ccc(NC)cc1. The van der Waals surface area contributed by atoms with Crippen molar-refractivity contribution in [3.8, 4) is 0 Å². The molecule has 0 saturated carbocycles. The average molecular weight is 220 g/mol. The number of nitrogens with one attached hydrogen (secondary N) is 1. The normalized spacial score (nSPS) is 10.8. The molecule has 1 aromatic carbocycles. The van der Waals surface area contributed by atoms with E-state index in [9.17, 15) is 0 Å². The van der Waals surface area contributed by atoms with Crippen LogP contribution in [0.2, 0.25) is 0 Å². The second kappa shape index (κ2) is 7.29. The average Bonchev–Trinajstić information content (AvgIpc) is 2.34. The van der Waals surface area contributed by atoms with Crippen molar-refractivity contribution in [2.75, 3.05) is 32.5 Å². The van der Waals surface area contributed by atoms with Gasteiger partial charge in [0.25, 0.3) is 0 Å². The summed E-state index contributed by atoms with van der Waals surface area (Å²) in [5.41, 5.74) is 2.60. The van der Waals surface area contributed by atoms with Gasteiger partial charge in [0.1, 0.15) is 0 Å². The summed E-state index contributed by atoms with van der Waals surface area (Å²) in [6, 6.07) is 8.70. The number of benzene rings is 1. The highest BCUT2D eigenvalue weighted by atomic mass is 15.1. The van der Waals surface area contributed by atoms with E-state index in [1.807, 2.05) is 7.05 Å². The lowest BCUT2D eigenvalue weighted by atomic mass is 10.1. The van der Waals surface area contributed by atoms with Crippen LogP contribution in [0.15, 0.2) is 24.3 Å². The fourth-order valence-corrected chi connectivity index (χ4v) is 1.70. The molecule has 0 aliphatic carbocycles. The number of unbranched alkanes of at least 4 members (excludes halogenated alkanes) is 1. The van der Waals surface area contributed by atoms with Crippen molar-refractivity contribution in [3.63, 3.8) is 0 Å². The molecule has 2 heteroatoms. The molecule has 0 saturated heterocycles. The summed E-state index contributed by atoms with van der Waals surface area (Å²) >= 11 is 0. The minimum atomic E-state index is 1.14. The third kappa shape index (κ3) is 4.67. The molecule has 0 unspecified atom stereocenters. The molecular weight excluding hydrogens is 196 g/mol. The van der Waals surface area contributed by atoms with E-state index in [0.717, 1.165) is 13.0 Å². The van der Waals surface area contributed by atoms with Gasteiger partial charge >= 0.3 is 0 Å². The van der Waals surface area contributed by atoms with Crippen LogP contribution in [0.25, 0.3) is 0 Å². The van der Waals surface area contributed by atoms with Gasteiger partial charge in [-0.3, -0.25) is 0 Å². The quantitative estimate of drug-likeness (QED) is 0.760. The van der Waals surface area contributed by atoms with E-state index in [4.69, 9.17) is 0 Å². The standard InChI is InChI=1S/C14H24N2/c1-4-5-11-16(3)12-10-13-6-8-14(15-2)9-7-13/h6-9,15H,4-5,10-12H2,1-3H3. The van der Waals surface area contributed by atoms with Crippen molar-refractivity contribution in [2.24, 2.45) is 0 Å². The highest BCUT2D eigenvalue weighted by molar-refractivity contribution is 5.43. The molecule has 90 valence electrons. The first kappa shape index (κ1) is 13.0. The fourth-order valence-electron chi connectivity index (χ4n) is 1.70. The van der Waals surface area contributed by atoms with Crippen molar-refractivity contribution in [1.29, 1.82) is 0 Å². The monoisotopic (exact) mass is 220 g/mol. The van der Waals surface area contributed by atoms with Gasteiger partial charge < -0.3 is 10.2 Å². The molecule has 0 fully saturated rings. The second-order valence-corrected chi connectivity index (χ2v) is 4.35. The van der Waals surface area contributed by atoms with Gasteiger partial charge in [0.05, 0.1) is 0 Å². The van der Waals surface area contributed by atoms with E-state index < -0.39 is 0 Å².